The van der Waals surface area contributed by atoms with Gasteiger partial charge in [-0.15, -0.1) is 12.4 Å². The molecule has 1 nitrogen and oxygen atoms in total. The summed E-state index contributed by atoms with van der Waals surface area (Å²) in [4.78, 5) is 0. The van der Waals surface area contributed by atoms with Crippen molar-refractivity contribution in [3.8, 4) is 0 Å². The topological polar surface area (TPSA) is 26.0 Å². The highest BCUT2D eigenvalue weighted by Gasteiger charge is 2.21. The van der Waals surface area contributed by atoms with Crippen molar-refractivity contribution >= 4 is 24.0 Å². The van der Waals surface area contributed by atoms with Crippen molar-refractivity contribution in [1.29, 1.82) is 0 Å². The average molecular weight is 222 g/mol. The molecule has 0 saturated carbocycles. The number of halogens is 3. The lowest BCUT2D eigenvalue weighted by molar-refractivity contribution is 0.607. The number of nitrogens with two attached hydrogens (primary N) is 1. The Morgan fingerprint density at radius 3 is 2.77 bits per heavy atom. The van der Waals surface area contributed by atoms with Crippen molar-refractivity contribution in [2.24, 2.45) is 5.73 Å². The van der Waals surface area contributed by atoms with Crippen molar-refractivity contribution in [3.63, 3.8) is 0 Å². The van der Waals surface area contributed by atoms with E-state index in [1.807, 2.05) is 0 Å². The second-order valence-electron chi connectivity index (χ2n) is 3.19. The molecule has 1 aliphatic carbocycles. The Labute approximate surface area is 87.5 Å². The van der Waals surface area contributed by atoms with Gasteiger partial charge in [0.25, 0.3) is 0 Å². The molecular formula is C9H10Cl2FN. The number of benzene rings is 1. The average Bonchev–Trinajstić information content (AvgIpc) is 2.29. The van der Waals surface area contributed by atoms with Gasteiger partial charge in [-0.3, -0.25) is 0 Å². The lowest BCUT2D eigenvalue weighted by Crippen LogP contribution is -2.19. The van der Waals surface area contributed by atoms with Gasteiger partial charge in [0.15, 0.2) is 0 Å². The van der Waals surface area contributed by atoms with Gasteiger partial charge in [-0.1, -0.05) is 11.6 Å². The molecule has 1 unspecified atom stereocenters. The maximum atomic E-state index is 13.2. The largest absolute Gasteiger partial charge is 0.327 e. The molecule has 0 heterocycles. The third kappa shape index (κ3) is 1.96. The zero-order valence-corrected chi connectivity index (χ0v) is 8.46. The van der Waals surface area contributed by atoms with Gasteiger partial charge in [0.2, 0.25) is 0 Å². The summed E-state index contributed by atoms with van der Waals surface area (Å²) in [6, 6.07) is 3.21. The molecule has 0 saturated heterocycles. The van der Waals surface area contributed by atoms with Crippen LogP contribution in [-0.4, -0.2) is 6.04 Å². The summed E-state index contributed by atoms with van der Waals surface area (Å²) in [5.41, 5.74) is 7.40. The van der Waals surface area contributed by atoms with Crippen LogP contribution in [0.25, 0.3) is 0 Å². The predicted octanol–water partition coefficient (Wildman–Crippen LogP) is 2.33. The summed E-state index contributed by atoms with van der Waals surface area (Å²) in [7, 11) is 0. The summed E-state index contributed by atoms with van der Waals surface area (Å²) in [5.74, 6) is -0.217. The number of fused-ring (bicyclic) bond motifs is 1. The summed E-state index contributed by atoms with van der Waals surface area (Å²) < 4.78 is 13.2. The van der Waals surface area contributed by atoms with Gasteiger partial charge in [0.1, 0.15) is 5.82 Å². The van der Waals surface area contributed by atoms with E-state index >= 15 is 0 Å². The Bertz CT molecular complexity index is 328. The fourth-order valence-electron chi connectivity index (χ4n) is 1.68. The third-order valence-electron chi connectivity index (χ3n) is 2.20. The monoisotopic (exact) mass is 221 g/mol. The van der Waals surface area contributed by atoms with Crippen LogP contribution in [0.3, 0.4) is 0 Å². The lowest BCUT2D eigenvalue weighted by atomic mass is 10.1. The molecule has 13 heavy (non-hydrogen) atoms. The zero-order chi connectivity index (χ0) is 8.72. The van der Waals surface area contributed by atoms with Crippen LogP contribution in [0.4, 0.5) is 4.39 Å². The fourth-order valence-corrected chi connectivity index (χ4v) is 1.91. The molecule has 2 rings (SSSR count). The minimum Gasteiger partial charge on any atom is -0.327 e. The van der Waals surface area contributed by atoms with E-state index in [4.69, 9.17) is 17.3 Å². The molecule has 0 bridgehead atoms. The summed E-state index contributed by atoms with van der Waals surface area (Å²) in [6.45, 7) is 0. The van der Waals surface area contributed by atoms with E-state index < -0.39 is 0 Å². The maximum absolute atomic E-state index is 13.2. The van der Waals surface area contributed by atoms with Crippen molar-refractivity contribution in [2.75, 3.05) is 0 Å². The van der Waals surface area contributed by atoms with Crippen LogP contribution in [0.2, 0.25) is 5.02 Å². The molecule has 0 radical (unpaired) electrons. The quantitative estimate of drug-likeness (QED) is 0.716. The van der Waals surface area contributed by atoms with E-state index in [-0.39, 0.29) is 24.3 Å². The van der Waals surface area contributed by atoms with Crippen molar-refractivity contribution in [1.82, 2.24) is 0 Å². The second-order valence-corrected chi connectivity index (χ2v) is 3.63. The van der Waals surface area contributed by atoms with E-state index in [2.05, 4.69) is 0 Å². The molecule has 1 aromatic carbocycles. The summed E-state index contributed by atoms with van der Waals surface area (Å²) in [5, 5.41) is 0.459. The predicted molar refractivity (Wildman–Crippen MR) is 54.0 cm³/mol. The SMILES string of the molecule is Cl.NC1Cc2cc(Cl)cc(F)c2C1. The van der Waals surface area contributed by atoms with Crippen LogP contribution in [0.15, 0.2) is 12.1 Å². The third-order valence-corrected chi connectivity index (χ3v) is 2.42. The zero-order valence-electron chi connectivity index (χ0n) is 6.89. The van der Waals surface area contributed by atoms with E-state index in [0.717, 1.165) is 17.5 Å². The van der Waals surface area contributed by atoms with Crippen LogP contribution in [0.5, 0.6) is 0 Å². The minimum atomic E-state index is -0.217. The number of hydrogen-bond donors (Lipinski definition) is 1. The molecule has 0 aliphatic heterocycles. The Morgan fingerprint density at radius 1 is 1.38 bits per heavy atom. The first-order chi connectivity index (χ1) is 5.66. The molecule has 0 amide bonds. The van der Waals surface area contributed by atoms with E-state index in [9.17, 15) is 4.39 Å². The molecule has 72 valence electrons. The smallest absolute Gasteiger partial charge is 0.128 e. The van der Waals surface area contributed by atoms with E-state index in [0.29, 0.717) is 11.4 Å². The summed E-state index contributed by atoms with van der Waals surface area (Å²) in [6.07, 6.45) is 1.38. The molecule has 0 aromatic heterocycles. The summed E-state index contributed by atoms with van der Waals surface area (Å²) >= 11 is 5.70. The first-order valence-corrected chi connectivity index (χ1v) is 4.27. The Balaban J connectivity index is 0.000000845. The van der Waals surface area contributed by atoms with Gasteiger partial charge < -0.3 is 5.73 Å². The Morgan fingerprint density at radius 2 is 2.08 bits per heavy atom. The molecule has 1 aromatic rings. The standard InChI is InChI=1S/C9H9ClFN.ClH/c10-6-1-5-2-7(12)4-8(5)9(11)3-6;/h1,3,7H,2,4,12H2;1H. The van der Waals surface area contributed by atoms with Gasteiger partial charge >= 0.3 is 0 Å². The van der Waals surface area contributed by atoms with Crippen LogP contribution in [-0.2, 0) is 12.8 Å². The molecule has 0 spiro atoms. The number of hydrogen-bond acceptors (Lipinski definition) is 1. The van der Waals surface area contributed by atoms with Crippen molar-refractivity contribution in [2.45, 2.75) is 18.9 Å². The molecule has 1 atom stereocenters. The highest BCUT2D eigenvalue weighted by atomic mass is 35.5. The van der Waals surface area contributed by atoms with E-state index in [1.54, 1.807) is 6.07 Å². The van der Waals surface area contributed by atoms with Crippen LogP contribution < -0.4 is 5.73 Å². The highest BCUT2D eigenvalue weighted by Crippen LogP contribution is 2.27. The molecule has 4 heteroatoms. The highest BCUT2D eigenvalue weighted by molar-refractivity contribution is 6.30. The van der Waals surface area contributed by atoms with Gasteiger partial charge in [0, 0.05) is 11.1 Å². The van der Waals surface area contributed by atoms with Crippen LogP contribution in [0, 0.1) is 5.82 Å². The van der Waals surface area contributed by atoms with Gasteiger partial charge in [-0.25, -0.2) is 4.39 Å². The van der Waals surface area contributed by atoms with Crippen LogP contribution >= 0.6 is 24.0 Å². The fraction of sp³-hybridized carbons (Fsp3) is 0.333. The van der Waals surface area contributed by atoms with Crippen molar-refractivity contribution < 1.29 is 4.39 Å². The first kappa shape index (κ1) is 10.8. The van der Waals surface area contributed by atoms with Gasteiger partial charge in [0.05, 0.1) is 0 Å². The van der Waals surface area contributed by atoms with Crippen LogP contribution in [0.1, 0.15) is 11.1 Å². The minimum absolute atomic E-state index is 0. The Hall–Kier alpha value is -0.310. The first-order valence-electron chi connectivity index (χ1n) is 3.89. The van der Waals surface area contributed by atoms with E-state index in [1.165, 1.54) is 6.07 Å². The molecular weight excluding hydrogens is 212 g/mol. The maximum Gasteiger partial charge on any atom is 0.128 e. The van der Waals surface area contributed by atoms with Crippen molar-refractivity contribution in [3.05, 3.63) is 34.1 Å². The molecule has 1 aliphatic rings. The number of rotatable bonds is 0. The Kier molecular flexibility index (Phi) is 3.17. The van der Waals surface area contributed by atoms with Gasteiger partial charge in [-0.2, -0.15) is 0 Å². The normalized spacial score (nSPS) is 19.5. The second kappa shape index (κ2) is 3.82. The molecule has 0 fully saturated rings. The lowest BCUT2D eigenvalue weighted by Gasteiger charge is -2.00. The molecule has 2 N–H and O–H groups in total. The van der Waals surface area contributed by atoms with Gasteiger partial charge in [-0.05, 0) is 36.1 Å².